The predicted octanol–water partition coefficient (Wildman–Crippen LogP) is -3.66. The molecule has 0 bridgehead atoms. The number of carbonyl (C=O) groups is 1. The number of aliphatic hydroxyl groups excluding tert-OH is 5. The summed E-state index contributed by atoms with van der Waals surface area (Å²) in [6.45, 7) is 0.510. The molecule has 11 unspecified atom stereocenters. The summed E-state index contributed by atoms with van der Waals surface area (Å²) in [5.41, 5.74) is -1.28. The highest BCUT2D eigenvalue weighted by Gasteiger charge is 2.47. The molecule has 2 fully saturated rings. The second-order valence-corrected chi connectivity index (χ2v) is 15.6. The van der Waals surface area contributed by atoms with Gasteiger partial charge >= 0.3 is 11.3 Å². The van der Waals surface area contributed by atoms with Gasteiger partial charge in [-0.1, -0.05) is 5.16 Å². The van der Waals surface area contributed by atoms with Gasteiger partial charge in [0, 0.05) is 36.3 Å². The number of oxime groups is 1. The topological polar surface area (TPSA) is 373 Å². The van der Waals surface area contributed by atoms with Gasteiger partial charge in [0.15, 0.2) is 19.1 Å². The van der Waals surface area contributed by atoms with E-state index in [2.05, 4.69) is 23.8 Å². The number of aryl methyl sites for hydroxylation is 1. The van der Waals surface area contributed by atoms with Crippen molar-refractivity contribution >= 4 is 38.7 Å². The number of amides is 1. The summed E-state index contributed by atoms with van der Waals surface area (Å²) >= 11 is 0. The Morgan fingerprint density at radius 1 is 0.983 bits per heavy atom. The number of unbranched alkanes of at least 4 members (excludes halogenated alkanes) is 1. The van der Waals surface area contributed by atoms with Gasteiger partial charge in [-0.2, -0.15) is 0 Å². The number of hydrogen-bond donors (Lipinski definition) is 7. The van der Waals surface area contributed by atoms with Crippen molar-refractivity contribution in [3.63, 3.8) is 0 Å². The quantitative estimate of drug-likeness (QED) is 0.0213. The molecule has 2 aliphatic rings. The summed E-state index contributed by atoms with van der Waals surface area (Å²) < 4.78 is 59.4. The molecule has 4 heterocycles. The Hall–Kier alpha value is -4.17. The monoisotopic (exact) mass is 864 g/mol. The number of phosphoric ester groups is 2. The molecule has 58 heavy (non-hydrogen) atoms. The highest BCUT2D eigenvalue weighted by Crippen LogP contribution is 2.57. The highest BCUT2D eigenvalue weighted by molar-refractivity contribution is 7.59. The number of aromatic amines is 1. The minimum Gasteiger partial charge on any atom is -0.756 e. The van der Waals surface area contributed by atoms with Crippen LogP contribution in [0.25, 0.3) is 11.0 Å². The molecule has 1 amide bonds. The molecule has 11 atom stereocenters. The van der Waals surface area contributed by atoms with Gasteiger partial charge in [-0.05, 0) is 37.5 Å². The summed E-state index contributed by atoms with van der Waals surface area (Å²) in [5, 5.41) is 58.2. The Morgan fingerprint density at radius 2 is 1.74 bits per heavy atom. The summed E-state index contributed by atoms with van der Waals surface area (Å²) in [7, 11) is -11.9. The van der Waals surface area contributed by atoms with Gasteiger partial charge in [-0.15, -0.1) is 0 Å². The van der Waals surface area contributed by atoms with Gasteiger partial charge in [0.1, 0.15) is 60.7 Å². The van der Waals surface area contributed by atoms with Crippen LogP contribution in [-0.4, -0.2) is 123 Å². The van der Waals surface area contributed by atoms with Crippen molar-refractivity contribution in [1.29, 1.82) is 0 Å². The van der Waals surface area contributed by atoms with Gasteiger partial charge in [-0.25, -0.2) is 13.9 Å². The molecule has 25 nitrogen and oxygen atoms in total. The normalized spacial score (nSPS) is 28.2. The molecule has 2 aromatic heterocycles. The van der Waals surface area contributed by atoms with Crippen LogP contribution in [-0.2, 0) is 41.6 Å². The van der Waals surface area contributed by atoms with E-state index in [0.29, 0.717) is 28.7 Å². The number of nitrogens with zero attached hydrogens (tertiary/aromatic N) is 2. The Kier molecular flexibility index (Phi) is 14.9. The molecule has 320 valence electrons. The first-order valence-electron chi connectivity index (χ1n) is 17.1. The molecule has 0 aliphatic carbocycles. The minimum absolute atomic E-state index is 0.0188. The van der Waals surface area contributed by atoms with Gasteiger partial charge in [-0.3, -0.25) is 32.8 Å². The van der Waals surface area contributed by atoms with Crippen LogP contribution in [0.5, 0.6) is 5.75 Å². The van der Waals surface area contributed by atoms with Crippen molar-refractivity contribution < 1.29 is 86.1 Å². The van der Waals surface area contributed by atoms with E-state index in [1.165, 1.54) is 12.1 Å². The number of aromatic nitrogens is 2. The third-order valence-corrected chi connectivity index (χ3v) is 11.0. The van der Waals surface area contributed by atoms with E-state index >= 15 is 0 Å². The number of nitrogens with one attached hydrogen (secondary N) is 2. The summed E-state index contributed by atoms with van der Waals surface area (Å²) in [5.74, 6) is -0.108. The largest absolute Gasteiger partial charge is 0.756 e. The Bertz CT molecular complexity index is 2210. The zero-order chi connectivity index (χ0) is 42.4. The second kappa shape index (κ2) is 19.3. The Morgan fingerprint density at radius 3 is 2.48 bits per heavy atom. The van der Waals surface area contributed by atoms with Crippen molar-refractivity contribution in [2.45, 2.75) is 75.0 Å². The van der Waals surface area contributed by atoms with Crippen molar-refractivity contribution in [1.82, 2.24) is 14.9 Å². The molecule has 2 saturated heterocycles. The molecule has 3 aromatic rings. The van der Waals surface area contributed by atoms with Crippen LogP contribution in [0.3, 0.4) is 0 Å². The van der Waals surface area contributed by atoms with E-state index in [-0.39, 0.29) is 19.8 Å². The number of phosphoric acid groups is 2. The van der Waals surface area contributed by atoms with E-state index in [0.717, 1.165) is 29.4 Å². The van der Waals surface area contributed by atoms with Crippen molar-refractivity contribution in [2.75, 3.05) is 26.4 Å². The Balaban J connectivity index is 1.02. The molecule has 2 aliphatic heterocycles. The molecule has 7 N–H and O–H groups in total. The standard InChI is InChI=1S/C31H40N4O21P2/c1-15-10-23(38)52-18-11-16(4-5-17(15)18)49-14-22(37)32-7-2-3-9-50-33-12-19-24(39)26(41)28(43)30(54-19)55-58(47,48)56-57(45,46)51-13-20-25(40)27(42)29(53-20)35-8-6-21(36)34-31(35)44/h4-6,8,10-12,19-20,24-30,39-43H,2-3,7,9,13-14H2,1H3,(H,32,37)(H,45,46)(H,47,48)(H,34,36,44)/p-2. The maximum Gasteiger partial charge on any atom is 0.336 e. The maximum absolute atomic E-state index is 12.5. The molecule has 1 aromatic carbocycles. The fraction of sp³-hybridized carbons (Fsp3) is 0.516. The lowest BCUT2D eigenvalue weighted by atomic mass is 10.00. The predicted molar refractivity (Wildman–Crippen MR) is 187 cm³/mol. The fourth-order valence-electron chi connectivity index (χ4n) is 5.54. The first-order chi connectivity index (χ1) is 27.3. The third kappa shape index (κ3) is 11.7. The van der Waals surface area contributed by atoms with E-state index in [1.807, 2.05) is 4.98 Å². The van der Waals surface area contributed by atoms with Gasteiger partial charge in [0.25, 0.3) is 27.1 Å². The van der Waals surface area contributed by atoms with Crippen LogP contribution < -0.4 is 36.7 Å². The first-order valence-corrected chi connectivity index (χ1v) is 20.0. The van der Waals surface area contributed by atoms with Crippen LogP contribution in [0, 0.1) is 6.92 Å². The number of carbonyl (C=O) groups excluding carboxylic acids is 1. The molecule has 0 saturated carbocycles. The first kappa shape index (κ1) is 44.9. The summed E-state index contributed by atoms with van der Waals surface area (Å²) in [6.07, 6.45) is -14.8. The molecular weight excluding hydrogens is 826 g/mol. The third-order valence-electron chi connectivity index (χ3n) is 8.46. The zero-order valence-corrected chi connectivity index (χ0v) is 31.8. The van der Waals surface area contributed by atoms with Gasteiger partial charge < -0.3 is 68.6 Å². The number of benzene rings is 1. The van der Waals surface area contributed by atoms with Gasteiger partial charge in [0.05, 0.1) is 12.8 Å². The fourth-order valence-corrected chi connectivity index (χ4v) is 7.62. The lowest BCUT2D eigenvalue weighted by Crippen LogP contribution is -2.58. The SMILES string of the molecule is Cc1cc(=O)oc2cc(OCC(=O)NCCCCON=CC3OC(OP(=O)([O-])OP(=O)([O-])OCC4OC(n5ccc(=O)[nH]c5=O)C(O)C4O)C(O)C(O)C3O)ccc12. The van der Waals surface area contributed by atoms with Crippen LogP contribution in [0.2, 0.25) is 0 Å². The summed E-state index contributed by atoms with van der Waals surface area (Å²) in [6, 6.07) is 7.11. The molecule has 0 spiro atoms. The van der Waals surface area contributed by atoms with E-state index in [9.17, 15) is 63.6 Å². The number of fused-ring (bicyclic) bond motifs is 1. The average Bonchev–Trinajstić information content (AvgIpc) is 3.42. The zero-order valence-electron chi connectivity index (χ0n) is 30.0. The number of H-pyrrole nitrogens is 1. The highest BCUT2D eigenvalue weighted by atomic mass is 31.3. The Labute approximate surface area is 325 Å². The lowest BCUT2D eigenvalue weighted by Gasteiger charge is -2.41. The number of hydrogen-bond acceptors (Lipinski definition) is 22. The maximum atomic E-state index is 12.5. The van der Waals surface area contributed by atoms with E-state index in [1.54, 1.807) is 19.1 Å². The van der Waals surface area contributed by atoms with Crippen LogP contribution in [0.1, 0.15) is 24.6 Å². The van der Waals surface area contributed by atoms with Crippen LogP contribution >= 0.6 is 15.6 Å². The van der Waals surface area contributed by atoms with Crippen LogP contribution in [0.15, 0.2) is 60.5 Å². The number of rotatable bonds is 18. The lowest BCUT2D eigenvalue weighted by molar-refractivity contribution is -0.292. The molecule has 0 radical (unpaired) electrons. The average molecular weight is 865 g/mol. The molecule has 27 heteroatoms. The van der Waals surface area contributed by atoms with Gasteiger partial charge in [0.2, 0.25) is 0 Å². The smallest absolute Gasteiger partial charge is 0.336 e. The number of ether oxygens (including phenoxy) is 3. The van der Waals surface area contributed by atoms with Crippen molar-refractivity contribution in [2.24, 2.45) is 5.16 Å². The van der Waals surface area contributed by atoms with Crippen molar-refractivity contribution in [3.05, 3.63) is 73.4 Å². The van der Waals surface area contributed by atoms with Crippen LogP contribution in [0.4, 0.5) is 0 Å². The number of aliphatic hydroxyl groups is 5. The molecular formula is C31H38N4O21P2-2. The van der Waals surface area contributed by atoms with Crippen molar-refractivity contribution in [3.8, 4) is 5.75 Å². The molecule has 5 rings (SSSR count). The summed E-state index contributed by atoms with van der Waals surface area (Å²) in [4.78, 5) is 78.9. The second-order valence-electron chi connectivity index (χ2n) is 12.7. The van der Waals surface area contributed by atoms with E-state index in [4.69, 9.17) is 23.5 Å². The van der Waals surface area contributed by atoms with E-state index < -0.39 is 100 Å². The minimum atomic E-state index is -6.03.